The summed E-state index contributed by atoms with van der Waals surface area (Å²) in [5, 5.41) is 2.47. The van der Waals surface area contributed by atoms with Gasteiger partial charge in [0.05, 0.1) is 16.4 Å². The van der Waals surface area contributed by atoms with Crippen molar-refractivity contribution in [2.75, 3.05) is 6.26 Å². The average molecular weight is 308 g/mol. The van der Waals surface area contributed by atoms with Crippen molar-refractivity contribution in [3.8, 4) is 11.4 Å². The number of aromatic nitrogens is 2. The van der Waals surface area contributed by atoms with Gasteiger partial charge in [-0.25, -0.2) is 4.98 Å². The molecule has 0 amide bonds. The van der Waals surface area contributed by atoms with Gasteiger partial charge in [0.25, 0.3) is 0 Å². The highest BCUT2D eigenvalue weighted by Crippen LogP contribution is 2.32. The SMILES string of the molecule is CSc1nc(-c2cc3ccccc3[nH]2)cc2c1CCCCC2. The molecular weight excluding hydrogens is 288 g/mol. The molecule has 0 spiro atoms. The molecule has 0 unspecified atom stereocenters. The van der Waals surface area contributed by atoms with Crippen LogP contribution in [0.1, 0.15) is 30.4 Å². The van der Waals surface area contributed by atoms with Crippen LogP contribution in [0.2, 0.25) is 0 Å². The summed E-state index contributed by atoms with van der Waals surface area (Å²) < 4.78 is 0. The number of pyridine rings is 1. The van der Waals surface area contributed by atoms with Gasteiger partial charge in [-0.2, -0.15) is 0 Å². The average Bonchev–Trinajstić information content (AvgIpc) is 2.84. The lowest BCUT2D eigenvalue weighted by atomic mass is 10.0. The second-order valence-corrected chi connectivity index (χ2v) is 6.78. The van der Waals surface area contributed by atoms with E-state index in [1.165, 1.54) is 59.2 Å². The van der Waals surface area contributed by atoms with Crippen LogP contribution in [0.4, 0.5) is 0 Å². The van der Waals surface area contributed by atoms with Gasteiger partial charge in [0.1, 0.15) is 0 Å². The van der Waals surface area contributed by atoms with E-state index in [0.717, 1.165) is 11.4 Å². The third kappa shape index (κ3) is 2.44. The molecule has 0 saturated carbocycles. The Balaban J connectivity index is 1.86. The maximum absolute atomic E-state index is 4.94. The predicted octanol–water partition coefficient (Wildman–Crippen LogP) is 5.22. The summed E-state index contributed by atoms with van der Waals surface area (Å²) in [6.45, 7) is 0. The van der Waals surface area contributed by atoms with E-state index in [9.17, 15) is 0 Å². The van der Waals surface area contributed by atoms with Crippen molar-refractivity contribution in [2.24, 2.45) is 0 Å². The van der Waals surface area contributed by atoms with Gasteiger partial charge in [-0.05, 0) is 61.3 Å². The van der Waals surface area contributed by atoms with Crippen molar-refractivity contribution < 1.29 is 0 Å². The molecule has 0 fully saturated rings. The van der Waals surface area contributed by atoms with Crippen LogP contribution in [0.15, 0.2) is 41.4 Å². The van der Waals surface area contributed by atoms with Gasteiger partial charge >= 0.3 is 0 Å². The van der Waals surface area contributed by atoms with Crippen LogP contribution in [0.5, 0.6) is 0 Å². The van der Waals surface area contributed by atoms with Crippen LogP contribution in [-0.4, -0.2) is 16.2 Å². The molecule has 2 nitrogen and oxygen atoms in total. The van der Waals surface area contributed by atoms with Gasteiger partial charge in [0.15, 0.2) is 0 Å². The number of aromatic amines is 1. The molecule has 0 saturated heterocycles. The van der Waals surface area contributed by atoms with E-state index in [-0.39, 0.29) is 0 Å². The van der Waals surface area contributed by atoms with E-state index in [2.05, 4.69) is 47.6 Å². The molecule has 2 heterocycles. The Hall–Kier alpha value is -1.74. The lowest BCUT2D eigenvalue weighted by Gasteiger charge is -2.12. The molecule has 2 aromatic heterocycles. The van der Waals surface area contributed by atoms with Gasteiger partial charge in [-0.3, -0.25) is 0 Å². The second-order valence-electron chi connectivity index (χ2n) is 5.99. The summed E-state index contributed by atoms with van der Waals surface area (Å²) in [6.07, 6.45) is 8.46. The zero-order valence-electron chi connectivity index (χ0n) is 12.9. The molecule has 0 atom stereocenters. The number of fused-ring (bicyclic) bond motifs is 2. The number of thioether (sulfide) groups is 1. The van der Waals surface area contributed by atoms with Crippen molar-refractivity contribution in [3.63, 3.8) is 0 Å². The third-order valence-electron chi connectivity index (χ3n) is 4.55. The fourth-order valence-electron chi connectivity index (χ4n) is 3.40. The minimum absolute atomic E-state index is 1.08. The molecule has 1 aliphatic carbocycles. The zero-order chi connectivity index (χ0) is 14.9. The fourth-order valence-corrected chi connectivity index (χ4v) is 4.07. The Bertz CT molecular complexity index is 786. The first-order valence-electron chi connectivity index (χ1n) is 8.00. The van der Waals surface area contributed by atoms with Gasteiger partial charge in [-0.15, -0.1) is 11.8 Å². The van der Waals surface area contributed by atoms with Crippen LogP contribution in [0.3, 0.4) is 0 Å². The van der Waals surface area contributed by atoms with E-state index < -0.39 is 0 Å². The second kappa shape index (κ2) is 5.81. The first-order valence-corrected chi connectivity index (χ1v) is 9.22. The van der Waals surface area contributed by atoms with E-state index >= 15 is 0 Å². The Morgan fingerprint density at radius 1 is 1.05 bits per heavy atom. The Morgan fingerprint density at radius 2 is 1.91 bits per heavy atom. The summed E-state index contributed by atoms with van der Waals surface area (Å²) in [7, 11) is 0. The monoisotopic (exact) mass is 308 g/mol. The number of aryl methyl sites for hydroxylation is 1. The quantitative estimate of drug-likeness (QED) is 0.519. The highest BCUT2D eigenvalue weighted by Gasteiger charge is 2.16. The van der Waals surface area contributed by atoms with E-state index in [4.69, 9.17) is 4.98 Å². The van der Waals surface area contributed by atoms with Crippen LogP contribution < -0.4 is 0 Å². The van der Waals surface area contributed by atoms with E-state index in [1.807, 2.05) is 0 Å². The highest BCUT2D eigenvalue weighted by molar-refractivity contribution is 7.98. The zero-order valence-corrected chi connectivity index (χ0v) is 13.7. The number of benzene rings is 1. The van der Waals surface area contributed by atoms with Crippen LogP contribution in [0, 0.1) is 0 Å². The number of nitrogens with one attached hydrogen (secondary N) is 1. The number of nitrogens with zero attached hydrogens (tertiary/aromatic N) is 1. The normalized spacial score (nSPS) is 14.8. The van der Waals surface area contributed by atoms with E-state index in [0.29, 0.717) is 0 Å². The lowest BCUT2D eigenvalue weighted by Crippen LogP contribution is -1.99. The summed E-state index contributed by atoms with van der Waals surface area (Å²) in [5.74, 6) is 0. The van der Waals surface area contributed by atoms with Crippen molar-refractivity contribution >= 4 is 22.7 Å². The van der Waals surface area contributed by atoms with E-state index in [1.54, 1.807) is 11.8 Å². The Labute approximate surface area is 135 Å². The molecule has 0 bridgehead atoms. The third-order valence-corrected chi connectivity index (χ3v) is 5.28. The number of rotatable bonds is 2. The molecule has 0 aliphatic heterocycles. The molecule has 1 aliphatic rings. The first-order chi connectivity index (χ1) is 10.8. The molecule has 0 radical (unpaired) electrons. The fraction of sp³-hybridized carbons (Fsp3) is 0.316. The summed E-state index contributed by atoms with van der Waals surface area (Å²) >= 11 is 1.78. The standard InChI is InChI=1S/C19H20N2S/c1-22-19-15-9-4-2-3-7-13(15)11-18(21-19)17-12-14-8-5-6-10-16(14)20-17/h5-6,8,10-12,20H,2-4,7,9H2,1H3. The maximum atomic E-state index is 4.94. The van der Waals surface area contributed by atoms with Gasteiger partial charge in [0, 0.05) is 10.9 Å². The molecule has 22 heavy (non-hydrogen) atoms. The molecule has 4 rings (SSSR count). The predicted molar refractivity (Wildman–Crippen MR) is 94.6 cm³/mol. The van der Waals surface area contributed by atoms with Crippen LogP contribution in [-0.2, 0) is 12.8 Å². The number of hydrogen-bond donors (Lipinski definition) is 1. The van der Waals surface area contributed by atoms with Gasteiger partial charge < -0.3 is 4.98 Å². The van der Waals surface area contributed by atoms with Gasteiger partial charge in [-0.1, -0.05) is 24.6 Å². The molecule has 3 aromatic rings. The van der Waals surface area contributed by atoms with Gasteiger partial charge in [0.2, 0.25) is 0 Å². The minimum Gasteiger partial charge on any atom is -0.353 e. The summed E-state index contributed by atoms with van der Waals surface area (Å²) in [6, 6.07) is 12.9. The topological polar surface area (TPSA) is 28.7 Å². The number of H-pyrrole nitrogens is 1. The molecule has 1 aromatic carbocycles. The van der Waals surface area contributed by atoms with Crippen molar-refractivity contribution in [3.05, 3.63) is 47.5 Å². The lowest BCUT2D eigenvalue weighted by molar-refractivity contribution is 0.709. The summed E-state index contributed by atoms with van der Waals surface area (Å²) in [4.78, 5) is 8.46. The summed E-state index contributed by atoms with van der Waals surface area (Å²) in [5.41, 5.74) is 6.39. The van der Waals surface area contributed by atoms with Crippen molar-refractivity contribution in [2.45, 2.75) is 37.1 Å². The Morgan fingerprint density at radius 3 is 2.77 bits per heavy atom. The molecular formula is C19H20N2S. The number of para-hydroxylation sites is 1. The molecule has 112 valence electrons. The smallest absolute Gasteiger partial charge is 0.1000 e. The minimum atomic E-state index is 1.08. The highest BCUT2D eigenvalue weighted by atomic mass is 32.2. The number of hydrogen-bond acceptors (Lipinski definition) is 2. The maximum Gasteiger partial charge on any atom is 0.1000 e. The molecule has 1 N–H and O–H groups in total. The first kappa shape index (κ1) is 13.9. The van der Waals surface area contributed by atoms with Crippen molar-refractivity contribution in [1.82, 2.24) is 9.97 Å². The van der Waals surface area contributed by atoms with Crippen LogP contribution >= 0.6 is 11.8 Å². The van der Waals surface area contributed by atoms with Crippen molar-refractivity contribution in [1.29, 1.82) is 0 Å². The molecule has 3 heteroatoms. The largest absolute Gasteiger partial charge is 0.353 e. The Kier molecular flexibility index (Phi) is 3.67. The van der Waals surface area contributed by atoms with Crippen LogP contribution in [0.25, 0.3) is 22.3 Å².